The summed E-state index contributed by atoms with van der Waals surface area (Å²) in [5.74, 6) is 0. The number of nitrogen functional groups attached to an aromatic ring is 1. The number of hydrogen-bond donors (Lipinski definition) is 2. The number of nitrogens with two attached hydrogens (primary N) is 1. The van der Waals surface area contributed by atoms with Crippen LogP contribution >= 0.6 is 0 Å². The van der Waals surface area contributed by atoms with Crippen LogP contribution in [0.25, 0.3) is 12.2 Å². The van der Waals surface area contributed by atoms with Crippen molar-refractivity contribution in [3.8, 4) is 0 Å². The summed E-state index contributed by atoms with van der Waals surface area (Å²) in [5, 5.41) is 19.2. The quantitative estimate of drug-likeness (QED) is 0.492. The normalized spacial score (nSPS) is 10.8. The summed E-state index contributed by atoms with van der Waals surface area (Å²) < 4.78 is 0. The van der Waals surface area contributed by atoms with Crippen molar-refractivity contribution in [3.63, 3.8) is 0 Å². The van der Waals surface area contributed by atoms with Crippen molar-refractivity contribution in [2.75, 3.05) is 11.0 Å². The highest BCUT2D eigenvalue weighted by atomic mass is 16.8. The zero-order valence-electron chi connectivity index (χ0n) is 9.65. The molecule has 0 spiro atoms. The molecule has 3 N–H and O–H groups in total. The van der Waals surface area contributed by atoms with E-state index in [1.807, 2.05) is 42.5 Å². The van der Waals surface area contributed by atoms with Gasteiger partial charge in [0.2, 0.25) is 0 Å². The topological polar surface area (TPSA) is 72.5 Å². The predicted molar refractivity (Wildman–Crippen MR) is 73.9 cm³/mol. The predicted octanol–water partition coefficient (Wildman–Crippen LogP) is 3.13. The molecule has 18 heavy (non-hydrogen) atoms. The fraction of sp³-hybridized carbons (Fsp3) is 0. The average Bonchev–Trinajstić information content (AvgIpc) is 2.38. The lowest BCUT2D eigenvalue weighted by Crippen LogP contribution is -2.07. The Morgan fingerprint density at radius 1 is 1.06 bits per heavy atom. The molecule has 0 aliphatic carbocycles. The highest BCUT2D eigenvalue weighted by Crippen LogP contribution is 2.21. The van der Waals surface area contributed by atoms with E-state index in [9.17, 15) is 5.21 Å². The zero-order valence-corrected chi connectivity index (χ0v) is 9.65. The standard InChI is InChI=1S/C14H13N2O2/c15-14-10-13(16(17)18)9-8-12(14)7-6-11-4-2-1-3-5-11/h1-10,17H,15H2/q-1. The van der Waals surface area contributed by atoms with Crippen LogP contribution in [-0.2, 0) is 0 Å². The third-order valence-electron chi connectivity index (χ3n) is 2.55. The summed E-state index contributed by atoms with van der Waals surface area (Å²) in [7, 11) is 0. The Morgan fingerprint density at radius 2 is 1.78 bits per heavy atom. The van der Waals surface area contributed by atoms with E-state index in [4.69, 9.17) is 10.9 Å². The SMILES string of the molecule is Nc1cc(N([O-])O)ccc1C=Cc1ccccc1. The van der Waals surface area contributed by atoms with E-state index in [0.717, 1.165) is 11.1 Å². The second-order valence-electron chi connectivity index (χ2n) is 3.83. The van der Waals surface area contributed by atoms with Crippen LogP contribution in [0.5, 0.6) is 0 Å². The van der Waals surface area contributed by atoms with Gasteiger partial charge in [0.25, 0.3) is 0 Å². The highest BCUT2D eigenvalue weighted by Gasteiger charge is 1.98. The van der Waals surface area contributed by atoms with Gasteiger partial charge in [-0.1, -0.05) is 48.6 Å². The number of rotatable bonds is 3. The van der Waals surface area contributed by atoms with E-state index in [1.165, 1.54) is 12.1 Å². The van der Waals surface area contributed by atoms with E-state index >= 15 is 0 Å². The Balaban J connectivity index is 2.22. The Labute approximate surface area is 105 Å². The van der Waals surface area contributed by atoms with Gasteiger partial charge in [-0.2, -0.15) is 0 Å². The second kappa shape index (κ2) is 5.35. The highest BCUT2D eigenvalue weighted by molar-refractivity contribution is 5.77. The molecule has 0 atom stereocenters. The third-order valence-corrected chi connectivity index (χ3v) is 2.55. The minimum absolute atomic E-state index is 0.115. The van der Waals surface area contributed by atoms with Crippen molar-refractivity contribution in [1.82, 2.24) is 0 Å². The van der Waals surface area contributed by atoms with Gasteiger partial charge in [-0.25, -0.2) is 0 Å². The summed E-state index contributed by atoms with van der Waals surface area (Å²) in [6.45, 7) is 0. The van der Waals surface area contributed by atoms with Crippen molar-refractivity contribution in [2.45, 2.75) is 0 Å². The lowest BCUT2D eigenvalue weighted by atomic mass is 10.1. The Kier molecular flexibility index (Phi) is 3.62. The van der Waals surface area contributed by atoms with Gasteiger partial charge in [0, 0.05) is 5.69 Å². The van der Waals surface area contributed by atoms with Crippen LogP contribution in [0.15, 0.2) is 48.5 Å². The molecule has 0 unspecified atom stereocenters. The maximum absolute atomic E-state index is 10.7. The van der Waals surface area contributed by atoms with Crippen LogP contribution < -0.4 is 11.0 Å². The van der Waals surface area contributed by atoms with Crippen molar-refractivity contribution in [1.29, 1.82) is 0 Å². The molecule has 2 rings (SSSR count). The molecular weight excluding hydrogens is 228 g/mol. The third kappa shape index (κ3) is 2.88. The van der Waals surface area contributed by atoms with E-state index in [1.54, 1.807) is 6.07 Å². The number of anilines is 2. The van der Waals surface area contributed by atoms with Crippen LogP contribution in [0.2, 0.25) is 0 Å². The summed E-state index contributed by atoms with van der Waals surface area (Å²) in [4.78, 5) is 0. The first-order chi connectivity index (χ1) is 8.66. The van der Waals surface area contributed by atoms with Gasteiger partial charge in [0.1, 0.15) is 0 Å². The number of nitrogens with zero attached hydrogens (tertiary/aromatic N) is 1. The Bertz CT molecular complexity index is 551. The van der Waals surface area contributed by atoms with E-state index < -0.39 is 0 Å². The van der Waals surface area contributed by atoms with E-state index in [-0.39, 0.29) is 10.9 Å². The lowest BCUT2D eigenvalue weighted by Gasteiger charge is -2.22. The molecule has 0 aliphatic heterocycles. The first-order valence-electron chi connectivity index (χ1n) is 5.45. The molecule has 0 radical (unpaired) electrons. The largest absolute Gasteiger partial charge is 0.733 e. The first kappa shape index (κ1) is 12.2. The molecule has 0 aromatic heterocycles. The van der Waals surface area contributed by atoms with Crippen molar-refractivity contribution in [2.24, 2.45) is 0 Å². The van der Waals surface area contributed by atoms with Crippen LogP contribution in [0.4, 0.5) is 11.4 Å². The molecule has 92 valence electrons. The van der Waals surface area contributed by atoms with Gasteiger partial charge in [0.15, 0.2) is 0 Å². The summed E-state index contributed by atoms with van der Waals surface area (Å²) in [5.41, 5.74) is 8.21. The fourth-order valence-electron chi connectivity index (χ4n) is 1.58. The second-order valence-corrected chi connectivity index (χ2v) is 3.83. The maximum Gasteiger partial charge on any atom is 0.0529 e. The minimum Gasteiger partial charge on any atom is -0.733 e. The molecule has 0 bridgehead atoms. The average molecular weight is 241 g/mol. The van der Waals surface area contributed by atoms with Gasteiger partial charge in [-0.3, -0.25) is 5.21 Å². The minimum atomic E-state index is -0.207. The molecular formula is C14H13N2O2-. The molecule has 2 aromatic rings. The molecule has 4 nitrogen and oxygen atoms in total. The zero-order chi connectivity index (χ0) is 13.0. The van der Waals surface area contributed by atoms with Gasteiger partial charge < -0.3 is 16.2 Å². The van der Waals surface area contributed by atoms with Gasteiger partial charge in [0.05, 0.1) is 5.69 Å². The molecule has 0 heterocycles. The summed E-state index contributed by atoms with van der Waals surface area (Å²) >= 11 is 0. The number of hydrogen-bond acceptors (Lipinski definition) is 4. The van der Waals surface area contributed by atoms with Crippen LogP contribution in [0, 0.1) is 5.21 Å². The van der Waals surface area contributed by atoms with Gasteiger partial charge in [-0.15, -0.1) is 0 Å². The van der Waals surface area contributed by atoms with Crippen LogP contribution in [0.1, 0.15) is 11.1 Å². The summed E-state index contributed by atoms with van der Waals surface area (Å²) in [6, 6.07) is 14.4. The first-order valence-corrected chi connectivity index (χ1v) is 5.45. The molecule has 4 heteroatoms. The maximum atomic E-state index is 10.7. The molecule has 0 aliphatic rings. The Morgan fingerprint density at radius 3 is 2.39 bits per heavy atom. The fourth-order valence-corrected chi connectivity index (χ4v) is 1.58. The van der Waals surface area contributed by atoms with Crippen molar-refractivity contribution >= 4 is 23.5 Å². The molecule has 0 amide bonds. The lowest BCUT2D eigenvalue weighted by molar-refractivity contribution is 0.296. The van der Waals surface area contributed by atoms with E-state index in [0.29, 0.717) is 5.69 Å². The molecule has 0 saturated carbocycles. The molecule has 2 aromatic carbocycles. The Hall–Kier alpha value is -2.30. The van der Waals surface area contributed by atoms with Crippen LogP contribution in [-0.4, -0.2) is 5.21 Å². The van der Waals surface area contributed by atoms with Gasteiger partial charge >= 0.3 is 0 Å². The van der Waals surface area contributed by atoms with E-state index in [2.05, 4.69) is 0 Å². The molecule has 0 fully saturated rings. The van der Waals surface area contributed by atoms with Crippen molar-refractivity contribution < 1.29 is 5.21 Å². The van der Waals surface area contributed by atoms with Crippen LogP contribution in [0.3, 0.4) is 0 Å². The summed E-state index contributed by atoms with van der Waals surface area (Å²) in [6.07, 6.45) is 3.79. The number of benzene rings is 2. The van der Waals surface area contributed by atoms with Gasteiger partial charge in [-0.05, 0) is 23.3 Å². The smallest absolute Gasteiger partial charge is 0.0529 e. The monoisotopic (exact) mass is 241 g/mol. The molecule has 0 saturated heterocycles. The van der Waals surface area contributed by atoms with Crippen molar-refractivity contribution in [3.05, 3.63) is 64.9 Å².